The third-order valence-electron chi connectivity index (χ3n) is 4.74. The number of aryl methyl sites for hydroxylation is 2. The van der Waals surface area contributed by atoms with Gasteiger partial charge in [-0.05, 0) is 45.0 Å². The zero-order valence-electron chi connectivity index (χ0n) is 14.8. The lowest BCUT2D eigenvalue weighted by Crippen LogP contribution is -2.42. The van der Waals surface area contributed by atoms with Gasteiger partial charge in [0, 0.05) is 37.6 Å². The van der Waals surface area contributed by atoms with Crippen LogP contribution in [0.25, 0.3) is 0 Å². The first-order chi connectivity index (χ1) is 11.6. The Labute approximate surface area is 143 Å². The third kappa shape index (κ3) is 3.51. The molecule has 2 heterocycles. The van der Waals surface area contributed by atoms with Gasteiger partial charge in [-0.2, -0.15) is 0 Å². The van der Waals surface area contributed by atoms with E-state index in [1.807, 2.05) is 48.1 Å². The van der Waals surface area contributed by atoms with Gasteiger partial charge in [-0.1, -0.05) is 18.2 Å². The average molecular weight is 326 g/mol. The first-order valence-corrected chi connectivity index (χ1v) is 8.61. The van der Waals surface area contributed by atoms with E-state index in [9.17, 15) is 4.79 Å². The molecule has 1 aliphatic rings. The molecule has 128 valence electrons. The van der Waals surface area contributed by atoms with Crippen molar-refractivity contribution in [3.05, 3.63) is 48.0 Å². The van der Waals surface area contributed by atoms with Crippen LogP contribution in [0.2, 0.25) is 0 Å². The molecule has 1 aliphatic heterocycles. The number of rotatable bonds is 6. The number of fused-ring (bicyclic) bond motifs is 1. The molecule has 0 fully saturated rings. The number of carbonyl (C=O) groups excluding carboxylic acids is 1. The lowest BCUT2D eigenvalue weighted by atomic mass is 10.1. The van der Waals surface area contributed by atoms with Crippen LogP contribution in [0.15, 0.2) is 36.7 Å². The molecule has 5 nitrogen and oxygen atoms in total. The summed E-state index contributed by atoms with van der Waals surface area (Å²) in [5.41, 5.74) is 2.35. The van der Waals surface area contributed by atoms with Crippen LogP contribution in [0.3, 0.4) is 0 Å². The number of imidazole rings is 1. The molecule has 0 aliphatic carbocycles. The fourth-order valence-corrected chi connectivity index (χ4v) is 3.48. The number of aromatic nitrogens is 2. The Balaban J connectivity index is 1.52. The van der Waals surface area contributed by atoms with E-state index >= 15 is 0 Å². The van der Waals surface area contributed by atoms with E-state index < -0.39 is 0 Å². The summed E-state index contributed by atoms with van der Waals surface area (Å²) in [4.78, 5) is 21.2. The Morgan fingerprint density at radius 2 is 2.17 bits per heavy atom. The fourth-order valence-electron chi connectivity index (χ4n) is 3.48. The molecule has 1 unspecified atom stereocenters. The summed E-state index contributed by atoms with van der Waals surface area (Å²) in [6, 6.07) is 8.47. The summed E-state index contributed by atoms with van der Waals surface area (Å²) >= 11 is 0. The molecule has 24 heavy (non-hydrogen) atoms. The third-order valence-corrected chi connectivity index (χ3v) is 4.74. The smallest absolute Gasteiger partial charge is 0.241 e. The van der Waals surface area contributed by atoms with Crippen molar-refractivity contribution in [3.8, 4) is 0 Å². The van der Waals surface area contributed by atoms with Gasteiger partial charge in [-0.25, -0.2) is 4.98 Å². The summed E-state index contributed by atoms with van der Waals surface area (Å²) in [6.45, 7) is 3.47. The van der Waals surface area contributed by atoms with Gasteiger partial charge >= 0.3 is 0 Å². The van der Waals surface area contributed by atoms with E-state index in [-0.39, 0.29) is 11.9 Å². The Kier molecular flexibility index (Phi) is 5.00. The number of amides is 1. The Morgan fingerprint density at radius 1 is 1.38 bits per heavy atom. The molecule has 0 bridgehead atoms. The van der Waals surface area contributed by atoms with E-state index in [1.165, 1.54) is 5.56 Å². The summed E-state index contributed by atoms with van der Waals surface area (Å²) in [7, 11) is 4.03. The van der Waals surface area contributed by atoms with Crippen molar-refractivity contribution in [2.24, 2.45) is 7.05 Å². The fraction of sp³-hybridized carbons (Fsp3) is 0.474. The van der Waals surface area contributed by atoms with Gasteiger partial charge in [-0.3, -0.25) is 9.69 Å². The predicted molar refractivity (Wildman–Crippen MR) is 96.1 cm³/mol. The van der Waals surface area contributed by atoms with Crippen LogP contribution >= 0.6 is 0 Å². The predicted octanol–water partition coefficient (Wildman–Crippen LogP) is 2.26. The van der Waals surface area contributed by atoms with Gasteiger partial charge in [0.2, 0.25) is 5.91 Å². The number of benzene rings is 1. The van der Waals surface area contributed by atoms with E-state index in [2.05, 4.69) is 28.9 Å². The maximum Gasteiger partial charge on any atom is 0.241 e. The number of anilines is 1. The lowest BCUT2D eigenvalue weighted by molar-refractivity contribution is -0.119. The van der Waals surface area contributed by atoms with Crippen LogP contribution in [-0.4, -0.2) is 46.5 Å². The SMILES string of the molecule is CC1Cc2ccccc2N1C(=O)CN(C)CCCc1nccn1C. The number of hydrogen-bond acceptors (Lipinski definition) is 3. The van der Waals surface area contributed by atoms with Crippen molar-refractivity contribution in [3.63, 3.8) is 0 Å². The summed E-state index contributed by atoms with van der Waals surface area (Å²) < 4.78 is 2.05. The van der Waals surface area contributed by atoms with Crippen molar-refractivity contribution in [1.29, 1.82) is 0 Å². The Hall–Kier alpha value is -2.14. The molecule has 5 heteroatoms. The van der Waals surface area contributed by atoms with E-state index in [0.717, 1.165) is 37.3 Å². The molecule has 1 aromatic heterocycles. The minimum atomic E-state index is 0.187. The van der Waals surface area contributed by atoms with Crippen molar-refractivity contribution in [2.75, 3.05) is 25.0 Å². The highest BCUT2D eigenvalue weighted by atomic mass is 16.2. The van der Waals surface area contributed by atoms with Gasteiger partial charge in [-0.15, -0.1) is 0 Å². The molecule has 0 saturated heterocycles. The molecule has 0 N–H and O–H groups in total. The van der Waals surface area contributed by atoms with Gasteiger partial charge < -0.3 is 9.47 Å². The highest BCUT2D eigenvalue weighted by molar-refractivity contribution is 5.97. The Morgan fingerprint density at radius 3 is 2.92 bits per heavy atom. The molecule has 1 atom stereocenters. The maximum absolute atomic E-state index is 12.7. The lowest BCUT2D eigenvalue weighted by Gasteiger charge is -2.25. The Bertz CT molecular complexity index is 709. The van der Waals surface area contributed by atoms with E-state index in [0.29, 0.717) is 6.54 Å². The van der Waals surface area contributed by atoms with Crippen LogP contribution in [0.4, 0.5) is 5.69 Å². The molecule has 1 amide bonds. The van der Waals surface area contributed by atoms with Gasteiger partial charge in [0.15, 0.2) is 0 Å². The zero-order valence-corrected chi connectivity index (χ0v) is 14.8. The van der Waals surface area contributed by atoms with Crippen molar-refractivity contribution >= 4 is 11.6 Å². The highest BCUT2D eigenvalue weighted by Crippen LogP contribution is 2.31. The molecular weight excluding hydrogens is 300 g/mol. The summed E-state index contributed by atoms with van der Waals surface area (Å²) in [5, 5.41) is 0. The summed E-state index contributed by atoms with van der Waals surface area (Å²) in [5.74, 6) is 1.28. The van der Waals surface area contributed by atoms with Crippen molar-refractivity contribution in [2.45, 2.75) is 32.2 Å². The average Bonchev–Trinajstić information content (AvgIpc) is 3.09. The highest BCUT2D eigenvalue weighted by Gasteiger charge is 2.30. The molecule has 0 radical (unpaired) electrons. The molecule has 0 saturated carbocycles. The molecular formula is C19H26N4O. The maximum atomic E-state index is 12.7. The molecule has 1 aromatic carbocycles. The monoisotopic (exact) mass is 326 g/mol. The quantitative estimate of drug-likeness (QED) is 0.818. The van der Waals surface area contributed by atoms with E-state index in [4.69, 9.17) is 0 Å². The second-order valence-corrected chi connectivity index (χ2v) is 6.74. The van der Waals surface area contributed by atoms with Crippen LogP contribution in [-0.2, 0) is 24.7 Å². The molecule has 2 aromatic rings. The van der Waals surface area contributed by atoms with Crippen molar-refractivity contribution in [1.82, 2.24) is 14.5 Å². The standard InChI is InChI=1S/C19H26N4O/c1-15-13-16-7-4-5-8-17(16)23(15)19(24)14-21(2)11-6-9-18-20-10-12-22(18)3/h4-5,7-8,10,12,15H,6,9,11,13-14H2,1-3H3. The molecule has 3 rings (SSSR count). The summed E-state index contributed by atoms with van der Waals surface area (Å²) in [6.07, 6.45) is 6.68. The van der Waals surface area contributed by atoms with Crippen LogP contribution in [0.1, 0.15) is 24.7 Å². The number of nitrogens with zero attached hydrogens (tertiary/aromatic N) is 4. The number of carbonyl (C=O) groups is 1. The zero-order chi connectivity index (χ0) is 17.1. The second kappa shape index (κ2) is 7.18. The van der Waals surface area contributed by atoms with Crippen LogP contribution in [0.5, 0.6) is 0 Å². The number of hydrogen-bond donors (Lipinski definition) is 0. The largest absolute Gasteiger partial charge is 0.338 e. The van der Waals surface area contributed by atoms with Crippen LogP contribution in [0, 0.1) is 0 Å². The van der Waals surface area contributed by atoms with Gasteiger partial charge in [0.1, 0.15) is 5.82 Å². The van der Waals surface area contributed by atoms with Gasteiger partial charge in [0.05, 0.1) is 6.54 Å². The number of likely N-dealkylation sites (N-methyl/N-ethyl adjacent to an activating group) is 1. The normalized spacial score (nSPS) is 16.7. The first kappa shape index (κ1) is 16.7. The number of para-hydroxylation sites is 1. The molecule has 0 spiro atoms. The minimum Gasteiger partial charge on any atom is -0.338 e. The van der Waals surface area contributed by atoms with E-state index in [1.54, 1.807) is 0 Å². The topological polar surface area (TPSA) is 41.4 Å². The minimum absolute atomic E-state index is 0.187. The van der Waals surface area contributed by atoms with Crippen LogP contribution < -0.4 is 4.90 Å². The first-order valence-electron chi connectivity index (χ1n) is 8.61. The van der Waals surface area contributed by atoms with Gasteiger partial charge in [0.25, 0.3) is 0 Å². The van der Waals surface area contributed by atoms with Crippen molar-refractivity contribution < 1.29 is 4.79 Å². The second-order valence-electron chi connectivity index (χ2n) is 6.74.